The normalized spacial score (nSPS) is 12.6. The fourth-order valence-electron chi connectivity index (χ4n) is 5.52. The third-order valence-electron chi connectivity index (χ3n) is 9.51. The third kappa shape index (κ3) is 5.90. The van der Waals surface area contributed by atoms with Gasteiger partial charge in [-0.2, -0.15) is 0 Å². The molecular formula is C37H41IrN2O2S-. The van der Waals surface area contributed by atoms with E-state index >= 15 is 0 Å². The molecule has 227 valence electrons. The number of allylic oxidation sites excluding steroid dienone is 2. The number of imidazole rings is 1. The SMILES string of the molecule is CCC(C)(CC)C(=O)/C=C(\O)C(C)(CC)CC.Cc1cc2nc3c4[c-]c5ccccc5cc4c4ccccc4n3c2s1.[Ir]. The fraction of sp³-hybridized carbons (Fsp3) is 0.351. The van der Waals surface area contributed by atoms with Crippen molar-refractivity contribution in [3.63, 3.8) is 0 Å². The van der Waals surface area contributed by atoms with E-state index in [4.69, 9.17) is 4.98 Å². The number of hydrogen-bond acceptors (Lipinski definition) is 4. The number of ketones is 1. The molecule has 3 aromatic heterocycles. The molecule has 0 unspecified atom stereocenters. The van der Waals surface area contributed by atoms with Gasteiger partial charge in [0.1, 0.15) is 10.6 Å². The maximum atomic E-state index is 12.2. The van der Waals surface area contributed by atoms with E-state index < -0.39 is 0 Å². The Labute approximate surface area is 272 Å². The number of fused-ring (bicyclic) bond motifs is 9. The van der Waals surface area contributed by atoms with Crippen molar-refractivity contribution in [2.75, 3.05) is 0 Å². The number of aryl methyl sites for hydroxylation is 1. The van der Waals surface area contributed by atoms with Crippen LogP contribution in [0.5, 0.6) is 0 Å². The summed E-state index contributed by atoms with van der Waals surface area (Å²) >= 11 is 1.80. The van der Waals surface area contributed by atoms with Gasteiger partial charge in [0.25, 0.3) is 0 Å². The van der Waals surface area contributed by atoms with Crippen LogP contribution in [0, 0.1) is 23.8 Å². The van der Waals surface area contributed by atoms with Crippen molar-refractivity contribution in [3.8, 4) is 0 Å². The van der Waals surface area contributed by atoms with E-state index in [9.17, 15) is 9.90 Å². The number of aromatic nitrogens is 2. The van der Waals surface area contributed by atoms with Crippen molar-refractivity contribution in [2.45, 2.75) is 74.1 Å². The second-order valence-corrected chi connectivity index (χ2v) is 13.1. The molecule has 1 radical (unpaired) electrons. The molecule has 43 heavy (non-hydrogen) atoms. The molecule has 3 aromatic carbocycles. The molecule has 4 nitrogen and oxygen atoms in total. The summed E-state index contributed by atoms with van der Waals surface area (Å²) in [6, 6.07) is 25.1. The Balaban J connectivity index is 0.000000210. The molecule has 0 saturated heterocycles. The number of carbonyl (C=O) groups is 1. The number of aliphatic hydroxyl groups is 1. The number of hydrogen-bond donors (Lipinski definition) is 1. The van der Waals surface area contributed by atoms with Crippen molar-refractivity contribution in [1.82, 2.24) is 9.38 Å². The minimum atomic E-state index is -0.337. The minimum Gasteiger partial charge on any atom is -0.512 e. The van der Waals surface area contributed by atoms with Gasteiger partial charge < -0.3 is 9.51 Å². The van der Waals surface area contributed by atoms with E-state index in [2.05, 4.69) is 78.1 Å². The molecule has 6 rings (SSSR count). The molecule has 0 saturated carbocycles. The van der Waals surface area contributed by atoms with Gasteiger partial charge in [-0.05, 0) is 50.1 Å². The predicted molar refractivity (Wildman–Crippen MR) is 180 cm³/mol. The summed E-state index contributed by atoms with van der Waals surface area (Å²) in [4.78, 5) is 19.6. The third-order valence-corrected chi connectivity index (χ3v) is 10.5. The Morgan fingerprint density at radius 2 is 1.56 bits per heavy atom. The van der Waals surface area contributed by atoms with Crippen LogP contribution in [-0.4, -0.2) is 20.3 Å². The van der Waals surface area contributed by atoms with Crippen LogP contribution in [0.1, 0.15) is 72.1 Å². The second kappa shape index (κ2) is 12.9. The summed E-state index contributed by atoms with van der Waals surface area (Å²) in [5.74, 6) is 0.286. The van der Waals surface area contributed by atoms with Crippen molar-refractivity contribution in [2.24, 2.45) is 10.8 Å². The molecule has 3 heterocycles. The molecule has 6 heteroatoms. The van der Waals surface area contributed by atoms with Crippen LogP contribution in [0.4, 0.5) is 0 Å². The number of nitrogens with zero attached hydrogens (tertiary/aromatic N) is 2. The number of carbonyl (C=O) groups excluding carboxylic acids is 1. The van der Waals surface area contributed by atoms with Crippen LogP contribution in [0.2, 0.25) is 0 Å². The largest absolute Gasteiger partial charge is 0.512 e. The first kappa shape index (κ1) is 32.9. The first-order valence-electron chi connectivity index (χ1n) is 15.1. The van der Waals surface area contributed by atoms with Gasteiger partial charge in [-0.3, -0.25) is 9.78 Å². The number of para-hydroxylation sites is 1. The second-order valence-electron chi connectivity index (χ2n) is 11.9. The standard InChI is InChI=1S/C22H13N2S.C15H28O2.Ir/c1-13-10-19-22(25-13)24-20-9-5-4-8-16(20)17-11-14-6-2-3-7-15(14)12-18(17)21(24)23-19;1-7-14(5,8-2)12(16)11-13(17)15(6,9-3)10-4;/h2-11H,1H3;11,16H,7-10H2,1-6H3;/q-1;;/b;12-11-;. The summed E-state index contributed by atoms with van der Waals surface area (Å²) in [5.41, 5.74) is 2.68. The van der Waals surface area contributed by atoms with E-state index in [-0.39, 0.29) is 42.5 Å². The number of rotatable bonds is 7. The first-order valence-corrected chi connectivity index (χ1v) is 15.9. The monoisotopic (exact) mass is 770 g/mol. The summed E-state index contributed by atoms with van der Waals surface area (Å²) in [7, 11) is 0. The Hall–Kier alpha value is -3.05. The summed E-state index contributed by atoms with van der Waals surface area (Å²) in [6.07, 6.45) is 4.75. The van der Waals surface area contributed by atoms with Crippen molar-refractivity contribution in [1.29, 1.82) is 0 Å². The Bertz CT molecular complexity index is 1960. The van der Waals surface area contributed by atoms with Gasteiger partial charge in [0.15, 0.2) is 5.78 Å². The van der Waals surface area contributed by atoms with Crippen LogP contribution >= 0.6 is 11.3 Å². The van der Waals surface area contributed by atoms with Gasteiger partial charge in [-0.25, -0.2) is 0 Å². The Morgan fingerprint density at radius 3 is 2.23 bits per heavy atom. The molecule has 0 atom stereocenters. The molecule has 0 aliphatic heterocycles. The molecular weight excluding hydrogens is 729 g/mol. The predicted octanol–water partition coefficient (Wildman–Crippen LogP) is 10.8. The molecule has 0 aliphatic carbocycles. The van der Waals surface area contributed by atoms with E-state index in [1.807, 2.05) is 41.5 Å². The maximum Gasteiger partial charge on any atom is 0.164 e. The number of pyridine rings is 1. The number of thiophene rings is 1. The average Bonchev–Trinajstić information content (AvgIpc) is 3.55. The first-order chi connectivity index (χ1) is 20.1. The topological polar surface area (TPSA) is 54.6 Å². The zero-order valence-corrected chi connectivity index (χ0v) is 29.4. The van der Waals surface area contributed by atoms with Gasteiger partial charge in [0.05, 0.1) is 11.2 Å². The summed E-state index contributed by atoms with van der Waals surface area (Å²) in [5, 5.41) is 16.0. The molecule has 0 spiro atoms. The number of aliphatic hydroxyl groups excluding tert-OH is 1. The zero-order valence-electron chi connectivity index (χ0n) is 26.2. The zero-order chi connectivity index (χ0) is 30.2. The van der Waals surface area contributed by atoms with Crippen molar-refractivity contribution >= 4 is 65.6 Å². The summed E-state index contributed by atoms with van der Waals surface area (Å²) < 4.78 is 2.30. The van der Waals surface area contributed by atoms with E-state index in [1.165, 1.54) is 37.5 Å². The number of benzene rings is 3. The van der Waals surface area contributed by atoms with Gasteiger partial charge >= 0.3 is 0 Å². The molecule has 0 amide bonds. The smallest absolute Gasteiger partial charge is 0.164 e. The molecule has 0 fully saturated rings. The van der Waals surface area contributed by atoms with Crippen molar-refractivity contribution in [3.05, 3.63) is 83.4 Å². The van der Waals surface area contributed by atoms with Gasteiger partial charge in [-0.15, -0.1) is 34.9 Å². The van der Waals surface area contributed by atoms with Crippen LogP contribution < -0.4 is 0 Å². The van der Waals surface area contributed by atoms with Crippen LogP contribution in [-0.2, 0) is 24.9 Å². The van der Waals surface area contributed by atoms with Crippen molar-refractivity contribution < 1.29 is 30.0 Å². The molecule has 0 aliphatic rings. The minimum absolute atomic E-state index is 0. The quantitative estimate of drug-likeness (QED) is 0.0578. The van der Waals surface area contributed by atoms with E-state index in [0.29, 0.717) is 0 Å². The average molecular weight is 770 g/mol. The van der Waals surface area contributed by atoms with Gasteiger partial charge in [0.2, 0.25) is 0 Å². The molecule has 1 N–H and O–H groups in total. The fourth-order valence-corrected chi connectivity index (χ4v) is 6.48. The Morgan fingerprint density at radius 1 is 0.930 bits per heavy atom. The Kier molecular flexibility index (Phi) is 9.85. The maximum absolute atomic E-state index is 12.2. The molecule has 6 aromatic rings. The van der Waals surface area contributed by atoms with Crippen LogP contribution in [0.25, 0.3) is 48.4 Å². The summed E-state index contributed by atoms with van der Waals surface area (Å²) in [6.45, 7) is 14.2. The van der Waals surface area contributed by atoms with E-state index in [0.717, 1.165) is 47.6 Å². The molecule has 0 bridgehead atoms. The van der Waals surface area contributed by atoms with Gasteiger partial charge in [0, 0.05) is 47.4 Å². The van der Waals surface area contributed by atoms with Crippen LogP contribution in [0.15, 0.2) is 72.5 Å². The van der Waals surface area contributed by atoms with Gasteiger partial charge in [-0.1, -0.05) is 94.1 Å². The van der Waals surface area contributed by atoms with E-state index in [1.54, 1.807) is 11.3 Å². The van der Waals surface area contributed by atoms with Crippen LogP contribution in [0.3, 0.4) is 0 Å².